The van der Waals surface area contributed by atoms with Crippen LogP contribution < -0.4 is 4.74 Å². The molecular weight excluding hydrogens is 306 g/mol. The molecule has 6 heteroatoms. The molecule has 1 aromatic carbocycles. The van der Waals surface area contributed by atoms with Crippen LogP contribution in [0.5, 0.6) is 5.75 Å². The van der Waals surface area contributed by atoms with Gasteiger partial charge in [0.05, 0.1) is 19.1 Å². The van der Waals surface area contributed by atoms with Crippen LogP contribution in [0.4, 0.5) is 0 Å². The number of benzene rings is 1. The van der Waals surface area contributed by atoms with Crippen molar-refractivity contribution in [2.45, 2.75) is 0 Å². The first kappa shape index (κ1) is 15.3. The molecule has 0 spiro atoms. The predicted octanol–water partition coefficient (Wildman–Crippen LogP) is 2.15. The summed E-state index contributed by atoms with van der Waals surface area (Å²) < 4.78 is 11.1. The zero-order valence-electron chi connectivity index (χ0n) is 12.1. The van der Waals surface area contributed by atoms with Gasteiger partial charge in [-0.1, -0.05) is 11.6 Å². The van der Waals surface area contributed by atoms with E-state index in [9.17, 15) is 9.90 Å². The third-order valence-electron chi connectivity index (χ3n) is 3.87. The average molecular weight is 324 g/mol. The highest BCUT2D eigenvalue weighted by atomic mass is 35.5. The van der Waals surface area contributed by atoms with Gasteiger partial charge in [0.1, 0.15) is 12.4 Å². The molecule has 1 aromatic rings. The van der Waals surface area contributed by atoms with Crippen LogP contribution in [0.15, 0.2) is 23.8 Å². The Balaban J connectivity index is 1.71. The maximum Gasteiger partial charge on any atom is 0.310 e. The lowest BCUT2D eigenvalue weighted by Crippen LogP contribution is -2.35. The summed E-state index contributed by atoms with van der Waals surface area (Å²) in [4.78, 5) is 13.3. The molecule has 0 radical (unpaired) electrons. The van der Waals surface area contributed by atoms with Gasteiger partial charge in [0.25, 0.3) is 0 Å². The first-order chi connectivity index (χ1) is 10.6. The number of hydrogen-bond acceptors (Lipinski definition) is 4. The lowest BCUT2D eigenvalue weighted by atomic mass is 10.1. The number of fused-ring (bicyclic) bond motifs is 1. The maximum absolute atomic E-state index is 11.2. The van der Waals surface area contributed by atoms with Gasteiger partial charge in [0.15, 0.2) is 0 Å². The number of carboxylic acids is 1. The van der Waals surface area contributed by atoms with E-state index in [0.717, 1.165) is 23.4 Å². The Morgan fingerprint density at radius 3 is 3.14 bits per heavy atom. The number of nitrogens with zero attached hydrogens (tertiary/aromatic N) is 1. The molecule has 0 amide bonds. The SMILES string of the molecule is O=C(O)C1COCCN(CC2=Cc3cc(Cl)ccc3OC2)C1. The van der Waals surface area contributed by atoms with Crippen molar-refractivity contribution in [3.05, 3.63) is 34.4 Å². The van der Waals surface area contributed by atoms with Gasteiger partial charge in [0, 0.05) is 30.2 Å². The number of hydrogen-bond donors (Lipinski definition) is 1. The highest BCUT2D eigenvalue weighted by Crippen LogP contribution is 2.29. The fraction of sp³-hybridized carbons (Fsp3) is 0.438. The van der Waals surface area contributed by atoms with Crippen molar-refractivity contribution in [2.75, 3.05) is 39.5 Å². The Labute approximate surface area is 134 Å². The predicted molar refractivity (Wildman–Crippen MR) is 83.3 cm³/mol. The third kappa shape index (κ3) is 3.61. The van der Waals surface area contributed by atoms with Crippen LogP contribution >= 0.6 is 11.6 Å². The van der Waals surface area contributed by atoms with Crippen LogP contribution in [0.3, 0.4) is 0 Å². The highest BCUT2D eigenvalue weighted by molar-refractivity contribution is 6.30. The maximum atomic E-state index is 11.2. The molecule has 0 bridgehead atoms. The summed E-state index contributed by atoms with van der Waals surface area (Å²) in [7, 11) is 0. The van der Waals surface area contributed by atoms with Gasteiger partial charge in [-0.05, 0) is 29.8 Å². The minimum atomic E-state index is -0.807. The van der Waals surface area contributed by atoms with Gasteiger partial charge in [0.2, 0.25) is 0 Å². The van der Waals surface area contributed by atoms with Crippen molar-refractivity contribution in [1.29, 1.82) is 0 Å². The molecule has 0 saturated carbocycles. The minimum absolute atomic E-state index is 0.278. The zero-order valence-corrected chi connectivity index (χ0v) is 12.9. The highest BCUT2D eigenvalue weighted by Gasteiger charge is 2.25. The van der Waals surface area contributed by atoms with Gasteiger partial charge >= 0.3 is 5.97 Å². The molecular formula is C16H18ClNO4. The molecule has 0 aromatic heterocycles. The van der Waals surface area contributed by atoms with E-state index >= 15 is 0 Å². The molecule has 1 fully saturated rings. The van der Waals surface area contributed by atoms with Crippen LogP contribution in [0.1, 0.15) is 5.56 Å². The van der Waals surface area contributed by atoms with Crippen LogP contribution in [0.2, 0.25) is 5.02 Å². The summed E-state index contributed by atoms with van der Waals surface area (Å²) in [5.41, 5.74) is 2.08. The second-order valence-electron chi connectivity index (χ2n) is 5.62. The van der Waals surface area contributed by atoms with Gasteiger partial charge in [-0.2, -0.15) is 0 Å². The fourth-order valence-corrected chi connectivity index (χ4v) is 2.92. The quantitative estimate of drug-likeness (QED) is 0.923. The van der Waals surface area contributed by atoms with Gasteiger partial charge in [-0.15, -0.1) is 0 Å². The second-order valence-corrected chi connectivity index (χ2v) is 6.06. The van der Waals surface area contributed by atoms with Crippen LogP contribution in [-0.4, -0.2) is 55.4 Å². The van der Waals surface area contributed by atoms with E-state index in [4.69, 9.17) is 21.1 Å². The normalized spacial score (nSPS) is 22.2. The molecule has 1 atom stereocenters. The van der Waals surface area contributed by atoms with E-state index < -0.39 is 11.9 Å². The van der Waals surface area contributed by atoms with E-state index in [-0.39, 0.29) is 6.61 Å². The number of rotatable bonds is 3. The molecule has 3 rings (SSSR count). The molecule has 1 saturated heterocycles. The molecule has 1 N–H and O–H groups in total. The summed E-state index contributed by atoms with van der Waals surface area (Å²) >= 11 is 6.01. The summed E-state index contributed by atoms with van der Waals surface area (Å²) in [6.07, 6.45) is 2.08. The van der Waals surface area contributed by atoms with Crippen molar-refractivity contribution >= 4 is 23.6 Å². The molecule has 5 nitrogen and oxygen atoms in total. The molecule has 22 heavy (non-hydrogen) atoms. The number of aliphatic carboxylic acids is 1. The molecule has 0 aliphatic carbocycles. The standard InChI is InChI=1S/C16H18ClNO4/c17-14-1-2-15-12(6-14)5-11(9-22-15)7-18-3-4-21-10-13(8-18)16(19)20/h1-2,5-6,13H,3-4,7-10H2,(H,19,20). The van der Waals surface area contributed by atoms with Crippen molar-refractivity contribution in [3.63, 3.8) is 0 Å². The Morgan fingerprint density at radius 1 is 1.45 bits per heavy atom. The van der Waals surface area contributed by atoms with Crippen molar-refractivity contribution in [2.24, 2.45) is 5.92 Å². The van der Waals surface area contributed by atoms with E-state index in [2.05, 4.69) is 11.0 Å². The van der Waals surface area contributed by atoms with Crippen molar-refractivity contribution in [3.8, 4) is 5.75 Å². The largest absolute Gasteiger partial charge is 0.489 e. The Bertz CT molecular complexity index is 602. The van der Waals surface area contributed by atoms with E-state index in [0.29, 0.717) is 31.3 Å². The van der Waals surface area contributed by atoms with Crippen LogP contribution in [0, 0.1) is 5.92 Å². The van der Waals surface area contributed by atoms with E-state index in [1.165, 1.54) is 0 Å². The zero-order chi connectivity index (χ0) is 15.5. The number of halogens is 1. The minimum Gasteiger partial charge on any atom is -0.489 e. The van der Waals surface area contributed by atoms with Crippen LogP contribution in [-0.2, 0) is 9.53 Å². The number of carboxylic acid groups (broad SMARTS) is 1. The van der Waals surface area contributed by atoms with Gasteiger partial charge < -0.3 is 14.6 Å². The van der Waals surface area contributed by atoms with Crippen LogP contribution in [0.25, 0.3) is 6.08 Å². The van der Waals surface area contributed by atoms with E-state index in [1.807, 2.05) is 18.2 Å². The molecule has 2 aliphatic rings. The molecule has 118 valence electrons. The summed E-state index contributed by atoms with van der Waals surface area (Å²) in [5.74, 6) is -0.456. The summed E-state index contributed by atoms with van der Waals surface area (Å²) in [6.45, 7) is 3.25. The smallest absolute Gasteiger partial charge is 0.310 e. The first-order valence-corrected chi connectivity index (χ1v) is 7.64. The Kier molecular flexibility index (Phi) is 4.66. The molecule has 1 unspecified atom stereocenters. The lowest BCUT2D eigenvalue weighted by molar-refractivity contribution is -0.143. The second kappa shape index (κ2) is 6.69. The van der Waals surface area contributed by atoms with Gasteiger partial charge in [-0.25, -0.2) is 0 Å². The van der Waals surface area contributed by atoms with Crippen molar-refractivity contribution < 1.29 is 19.4 Å². The Hall–Kier alpha value is -1.56. The monoisotopic (exact) mass is 323 g/mol. The average Bonchev–Trinajstić information content (AvgIpc) is 2.72. The summed E-state index contributed by atoms with van der Waals surface area (Å²) in [5, 5.41) is 9.86. The molecule has 2 heterocycles. The molecule has 2 aliphatic heterocycles. The Morgan fingerprint density at radius 2 is 2.32 bits per heavy atom. The van der Waals surface area contributed by atoms with Crippen molar-refractivity contribution in [1.82, 2.24) is 4.90 Å². The fourth-order valence-electron chi connectivity index (χ4n) is 2.74. The third-order valence-corrected chi connectivity index (χ3v) is 4.11. The van der Waals surface area contributed by atoms with E-state index in [1.54, 1.807) is 0 Å². The summed E-state index contributed by atoms with van der Waals surface area (Å²) in [6, 6.07) is 5.55. The number of carbonyl (C=O) groups is 1. The lowest BCUT2D eigenvalue weighted by Gasteiger charge is -2.25. The first-order valence-electron chi connectivity index (χ1n) is 7.26. The topological polar surface area (TPSA) is 59.0 Å². The van der Waals surface area contributed by atoms with Gasteiger partial charge in [-0.3, -0.25) is 9.69 Å². The number of ether oxygens (including phenoxy) is 2.